The van der Waals surface area contributed by atoms with Crippen LogP contribution in [0.15, 0.2) is 30.3 Å². The Bertz CT molecular complexity index is 343. The number of hydrogen-bond donors (Lipinski definition) is 1. The molecule has 0 bridgehead atoms. The van der Waals surface area contributed by atoms with Gasteiger partial charge in [-0.15, -0.1) is 0 Å². The second-order valence-corrected chi connectivity index (χ2v) is 4.58. The third kappa shape index (κ3) is 4.79. The van der Waals surface area contributed by atoms with Crippen LogP contribution in [0.4, 0.5) is 0 Å². The van der Waals surface area contributed by atoms with E-state index in [1.165, 1.54) is 0 Å². The van der Waals surface area contributed by atoms with Crippen LogP contribution in [0.5, 0.6) is 0 Å². The summed E-state index contributed by atoms with van der Waals surface area (Å²) < 4.78 is 4.94. The average molecular weight is 253 g/mol. The number of thiol groups is 1. The zero-order valence-electron chi connectivity index (χ0n) is 10.3. The first-order chi connectivity index (χ1) is 8.15. The lowest BCUT2D eigenvalue weighted by molar-refractivity contribution is -0.129. The molecule has 0 heterocycles. The molecule has 0 saturated carbocycles. The van der Waals surface area contributed by atoms with Gasteiger partial charge in [0.25, 0.3) is 0 Å². The topological polar surface area (TPSA) is 29.5 Å². The van der Waals surface area contributed by atoms with E-state index < -0.39 is 0 Å². The summed E-state index contributed by atoms with van der Waals surface area (Å²) in [5, 5.41) is -0.292. The van der Waals surface area contributed by atoms with Crippen LogP contribution in [0.1, 0.15) is 5.56 Å². The molecular formula is C13H19NO2S. The van der Waals surface area contributed by atoms with Crippen molar-refractivity contribution in [3.8, 4) is 0 Å². The molecule has 0 aliphatic carbocycles. The van der Waals surface area contributed by atoms with Gasteiger partial charge in [-0.3, -0.25) is 4.79 Å². The van der Waals surface area contributed by atoms with E-state index in [1.54, 1.807) is 19.1 Å². The Morgan fingerprint density at radius 2 is 2.06 bits per heavy atom. The monoisotopic (exact) mass is 253 g/mol. The molecule has 1 atom stereocenters. The van der Waals surface area contributed by atoms with Gasteiger partial charge in [-0.2, -0.15) is 12.6 Å². The second kappa shape index (κ2) is 7.35. The van der Waals surface area contributed by atoms with Crippen LogP contribution in [0.25, 0.3) is 0 Å². The van der Waals surface area contributed by atoms with Crippen molar-refractivity contribution >= 4 is 18.5 Å². The highest BCUT2D eigenvalue weighted by Gasteiger charge is 2.18. The standard InChI is InChI=1S/C13H19NO2S/c1-14(8-9-16-2)13(15)12(17)10-11-6-4-3-5-7-11/h3-7,12,17H,8-10H2,1-2H3. The van der Waals surface area contributed by atoms with E-state index in [0.29, 0.717) is 19.6 Å². The summed E-state index contributed by atoms with van der Waals surface area (Å²) in [5.41, 5.74) is 1.13. The van der Waals surface area contributed by atoms with Crippen LogP contribution in [-0.4, -0.2) is 43.4 Å². The maximum absolute atomic E-state index is 11.9. The molecule has 0 saturated heterocycles. The number of likely N-dealkylation sites (N-methyl/N-ethyl adjacent to an activating group) is 1. The van der Waals surface area contributed by atoms with Crippen LogP contribution in [0.2, 0.25) is 0 Å². The molecule has 1 rings (SSSR count). The molecule has 0 N–H and O–H groups in total. The van der Waals surface area contributed by atoms with Gasteiger partial charge in [-0.25, -0.2) is 0 Å². The number of nitrogens with zero attached hydrogens (tertiary/aromatic N) is 1. The van der Waals surface area contributed by atoms with Gasteiger partial charge in [-0.05, 0) is 12.0 Å². The maximum Gasteiger partial charge on any atom is 0.235 e. The molecule has 94 valence electrons. The number of methoxy groups -OCH3 is 1. The van der Waals surface area contributed by atoms with Crippen molar-refractivity contribution < 1.29 is 9.53 Å². The van der Waals surface area contributed by atoms with Gasteiger partial charge in [0.1, 0.15) is 0 Å². The molecule has 0 aliphatic heterocycles. The largest absolute Gasteiger partial charge is 0.383 e. The molecule has 1 aromatic rings. The number of carbonyl (C=O) groups is 1. The van der Waals surface area contributed by atoms with E-state index in [1.807, 2.05) is 30.3 Å². The molecular weight excluding hydrogens is 234 g/mol. The van der Waals surface area contributed by atoms with Crippen molar-refractivity contribution in [2.24, 2.45) is 0 Å². The lowest BCUT2D eigenvalue weighted by atomic mass is 10.1. The van der Waals surface area contributed by atoms with Gasteiger partial charge >= 0.3 is 0 Å². The van der Waals surface area contributed by atoms with Crippen LogP contribution in [0, 0.1) is 0 Å². The van der Waals surface area contributed by atoms with E-state index in [4.69, 9.17) is 4.74 Å². The van der Waals surface area contributed by atoms with E-state index in [-0.39, 0.29) is 11.2 Å². The number of carbonyl (C=O) groups excluding carboxylic acids is 1. The minimum Gasteiger partial charge on any atom is -0.383 e. The summed E-state index contributed by atoms with van der Waals surface area (Å²) in [6, 6.07) is 9.91. The maximum atomic E-state index is 11.9. The Morgan fingerprint density at radius 3 is 2.65 bits per heavy atom. The zero-order valence-corrected chi connectivity index (χ0v) is 11.2. The van der Waals surface area contributed by atoms with Crippen molar-refractivity contribution in [1.82, 2.24) is 4.90 Å². The summed E-state index contributed by atoms with van der Waals surface area (Å²) in [6.07, 6.45) is 0.653. The van der Waals surface area contributed by atoms with Crippen molar-refractivity contribution in [2.75, 3.05) is 27.3 Å². The van der Waals surface area contributed by atoms with Gasteiger partial charge in [0.05, 0.1) is 11.9 Å². The van der Waals surface area contributed by atoms with Gasteiger partial charge in [0.15, 0.2) is 0 Å². The Hall–Kier alpha value is -1.00. The van der Waals surface area contributed by atoms with E-state index in [2.05, 4.69) is 12.6 Å². The van der Waals surface area contributed by atoms with Gasteiger partial charge in [-0.1, -0.05) is 30.3 Å². The quantitative estimate of drug-likeness (QED) is 0.781. The fraction of sp³-hybridized carbons (Fsp3) is 0.462. The number of hydrogen-bond acceptors (Lipinski definition) is 3. The summed E-state index contributed by atoms with van der Waals surface area (Å²) in [4.78, 5) is 13.6. The van der Waals surface area contributed by atoms with Crippen LogP contribution in [-0.2, 0) is 16.0 Å². The molecule has 1 amide bonds. The number of rotatable bonds is 6. The zero-order chi connectivity index (χ0) is 12.7. The normalized spacial score (nSPS) is 12.2. The molecule has 0 aromatic heterocycles. The molecule has 0 spiro atoms. The highest BCUT2D eigenvalue weighted by molar-refractivity contribution is 7.81. The average Bonchev–Trinajstić information content (AvgIpc) is 2.36. The number of benzene rings is 1. The number of amides is 1. The minimum absolute atomic E-state index is 0.0363. The second-order valence-electron chi connectivity index (χ2n) is 3.96. The van der Waals surface area contributed by atoms with E-state index in [9.17, 15) is 4.79 Å². The predicted molar refractivity (Wildman–Crippen MR) is 72.4 cm³/mol. The molecule has 0 fully saturated rings. The summed E-state index contributed by atoms with van der Waals surface area (Å²) >= 11 is 4.37. The lowest BCUT2D eigenvalue weighted by Gasteiger charge is -2.20. The SMILES string of the molecule is COCCN(C)C(=O)C(S)Cc1ccccc1. The molecule has 17 heavy (non-hydrogen) atoms. The van der Waals surface area contributed by atoms with Gasteiger partial charge in [0, 0.05) is 20.7 Å². The predicted octanol–water partition coefficient (Wildman–Crippen LogP) is 1.63. The molecule has 4 heteroatoms. The summed E-state index contributed by atoms with van der Waals surface area (Å²) in [6.45, 7) is 1.15. The Kier molecular flexibility index (Phi) is 6.08. The lowest BCUT2D eigenvalue weighted by Crippen LogP contribution is -2.36. The fourth-order valence-corrected chi connectivity index (χ4v) is 1.93. The molecule has 3 nitrogen and oxygen atoms in total. The highest BCUT2D eigenvalue weighted by Crippen LogP contribution is 2.09. The first kappa shape index (κ1) is 14.1. The fourth-order valence-electron chi connectivity index (χ4n) is 1.52. The third-order valence-electron chi connectivity index (χ3n) is 2.56. The third-order valence-corrected chi connectivity index (χ3v) is 2.97. The molecule has 1 aromatic carbocycles. The highest BCUT2D eigenvalue weighted by atomic mass is 32.1. The Morgan fingerprint density at radius 1 is 1.41 bits per heavy atom. The Labute approximate surface area is 108 Å². The van der Waals surface area contributed by atoms with Gasteiger partial charge in [0.2, 0.25) is 5.91 Å². The molecule has 0 radical (unpaired) electrons. The van der Waals surface area contributed by atoms with E-state index in [0.717, 1.165) is 5.56 Å². The Balaban J connectivity index is 2.47. The molecule has 1 unspecified atom stereocenters. The van der Waals surface area contributed by atoms with Crippen LogP contribution in [0.3, 0.4) is 0 Å². The first-order valence-electron chi connectivity index (χ1n) is 5.61. The van der Waals surface area contributed by atoms with E-state index >= 15 is 0 Å². The van der Waals surface area contributed by atoms with Crippen LogP contribution < -0.4 is 0 Å². The van der Waals surface area contributed by atoms with Crippen molar-refractivity contribution in [1.29, 1.82) is 0 Å². The van der Waals surface area contributed by atoms with Crippen molar-refractivity contribution in [3.63, 3.8) is 0 Å². The van der Waals surface area contributed by atoms with Crippen molar-refractivity contribution in [3.05, 3.63) is 35.9 Å². The van der Waals surface area contributed by atoms with Crippen molar-refractivity contribution in [2.45, 2.75) is 11.7 Å². The van der Waals surface area contributed by atoms with Gasteiger partial charge < -0.3 is 9.64 Å². The van der Waals surface area contributed by atoms with Crippen LogP contribution >= 0.6 is 12.6 Å². The summed E-state index contributed by atoms with van der Waals surface area (Å²) in [5.74, 6) is 0.0363. The smallest absolute Gasteiger partial charge is 0.235 e. The summed E-state index contributed by atoms with van der Waals surface area (Å²) in [7, 11) is 3.40. The first-order valence-corrected chi connectivity index (χ1v) is 6.12. The number of ether oxygens (including phenoxy) is 1. The molecule has 0 aliphatic rings. The minimum atomic E-state index is -0.292.